The van der Waals surface area contributed by atoms with Crippen LogP contribution in [0.2, 0.25) is 0 Å². The number of likely N-dealkylation sites (N-methyl/N-ethyl adjacent to an activating group) is 1. The SMILES string of the molecule is C=CC(=O)Nc1ccc(C)cc1Nc1nc(Nc2ccc(N3CCN(C)CC3)cc2)nc2ccsc12. The van der Waals surface area contributed by atoms with Crippen LogP contribution in [0.25, 0.3) is 10.2 Å². The maximum Gasteiger partial charge on any atom is 0.247 e. The van der Waals surface area contributed by atoms with Crippen LogP contribution < -0.4 is 20.9 Å². The maximum absolute atomic E-state index is 11.9. The van der Waals surface area contributed by atoms with E-state index in [-0.39, 0.29) is 5.91 Å². The highest BCUT2D eigenvalue weighted by Crippen LogP contribution is 2.33. The van der Waals surface area contributed by atoms with Gasteiger partial charge >= 0.3 is 0 Å². The molecule has 8 nitrogen and oxygen atoms in total. The summed E-state index contributed by atoms with van der Waals surface area (Å²) in [5.74, 6) is 0.902. The van der Waals surface area contributed by atoms with Gasteiger partial charge in [0.15, 0.2) is 5.82 Å². The number of benzene rings is 2. The van der Waals surface area contributed by atoms with Gasteiger partial charge in [-0.25, -0.2) is 4.98 Å². The van der Waals surface area contributed by atoms with Crippen LogP contribution >= 0.6 is 11.3 Å². The third-order valence-electron chi connectivity index (χ3n) is 6.17. The minimum atomic E-state index is -0.270. The van der Waals surface area contributed by atoms with E-state index in [1.165, 1.54) is 11.8 Å². The largest absolute Gasteiger partial charge is 0.369 e. The molecule has 0 bridgehead atoms. The smallest absolute Gasteiger partial charge is 0.247 e. The van der Waals surface area contributed by atoms with Crippen molar-refractivity contribution in [3.8, 4) is 0 Å². The molecule has 1 aliphatic rings. The minimum Gasteiger partial charge on any atom is -0.369 e. The van der Waals surface area contributed by atoms with E-state index in [0.717, 1.165) is 53.3 Å². The summed E-state index contributed by atoms with van der Waals surface area (Å²) in [6.45, 7) is 9.76. The lowest BCUT2D eigenvalue weighted by Gasteiger charge is -2.34. The molecule has 1 saturated heterocycles. The third-order valence-corrected chi connectivity index (χ3v) is 7.08. The Morgan fingerprint density at radius 3 is 2.53 bits per heavy atom. The van der Waals surface area contributed by atoms with E-state index in [9.17, 15) is 4.79 Å². The van der Waals surface area contributed by atoms with Crippen LogP contribution in [0.3, 0.4) is 0 Å². The Balaban J connectivity index is 1.39. The van der Waals surface area contributed by atoms with Crippen molar-refractivity contribution in [2.45, 2.75) is 6.92 Å². The number of nitrogens with zero attached hydrogens (tertiary/aromatic N) is 4. The second kappa shape index (κ2) is 10.3. The number of hydrogen-bond acceptors (Lipinski definition) is 8. The van der Waals surface area contributed by atoms with E-state index in [1.807, 2.05) is 36.6 Å². The van der Waals surface area contributed by atoms with Gasteiger partial charge in [0.05, 0.1) is 21.6 Å². The Bertz CT molecular complexity index is 1390. The summed E-state index contributed by atoms with van der Waals surface area (Å²) in [6.07, 6.45) is 1.25. The second-order valence-electron chi connectivity index (χ2n) is 8.86. The number of nitrogens with one attached hydrogen (secondary N) is 3. The van der Waals surface area contributed by atoms with E-state index in [0.29, 0.717) is 17.5 Å². The summed E-state index contributed by atoms with van der Waals surface area (Å²) in [6, 6.07) is 16.2. The number of thiophene rings is 1. The summed E-state index contributed by atoms with van der Waals surface area (Å²) >= 11 is 1.57. The van der Waals surface area contributed by atoms with Gasteiger partial charge in [0.1, 0.15) is 0 Å². The number of rotatable bonds is 7. The molecule has 184 valence electrons. The van der Waals surface area contributed by atoms with E-state index >= 15 is 0 Å². The van der Waals surface area contributed by atoms with Crippen LogP contribution in [-0.2, 0) is 4.79 Å². The fourth-order valence-electron chi connectivity index (χ4n) is 4.14. The normalized spacial score (nSPS) is 14.0. The summed E-state index contributed by atoms with van der Waals surface area (Å²) in [5, 5.41) is 11.6. The van der Waals surface area contributed by atoms with E-state index in [4.69, 9.17) is 9.97 Å². The predicted molar refractivity (Wildman–Crippen MR) is 150 cm³/mol. The quantitative estimate of drug-likeness (QED) is 0.295. The van der Waals surface area contributed by atoms with Crippen molar-refractivity contribution in [1.29, 1.82) is 0 Å². The van der Waals surface area contributed by atoms with E-state index in [2.05, 4.69) is 63.6 Å². The molecule has 2 aromatic heterocycles. The minimum absolute atomic E-state index is 0.270. The number of piperazine rings is 1. The van der Waals surface area contributed by atoms with Crippen molar-refractivity contribution in [3.05, 3.63) is 72.1 Å². The van der Waals surface area contributed by atoms with Crippen molar-refractivity contribution in [2.75, 3.05) is 54.1 Å². The number of amides is 1. The molecule has 3 heterocycles. The lowest BCUT2D eigenvalue weighted by atomic mass is 10.2. The summed E-state index contributed by atoms with van der Waals surface area (Å²) in [7, 11) is 2.16. The van der Waals surface area contributed by atoms with Crippen LogP contribution in [-0.4, -0.2) is 54.0 Å². The molecule has 1 fully saturated rings. The Kier molecular flexibility index (Phi) is 6.84. The van der Waals surface area contributed by atoms with Crippen molar-refractivity contribution in [2.24, 2.45) is 0 Å². The fraction of sp³-hybridized carbons (Fsp3) is 0.222. The molecular formula is C27H29N7OS. The number of fused-ring (bicyclic) bond motifs is 1. The van der Waals surface area contributed by atoms with Gasteiger partial charge < -0.3 is 25.8 Å². The molecule has 36 heavy (non-hydrogen) atoms. The van der Waals surface area contributed by atoms with Crippen molar-refractivity contribution >= 4 is 62.0 Å². The van der Waals surface area contributed by atoms with E-state index < -0.39 is 0 Å². The zero-order chi connectivity index (χ0) is 25.1. The molecule has 1 amide bonds. The second-order valence-corrected chi connectivity index (χ2v) is 9.78. The molecule has 1 aliphatic heterocycles. The van der Waals surface area contributed by atoms with Gasteiger partial charge in [-0.3, -0.25) is 4.79 Å². The first kappa shape index (κ1) is 23.8. The number of aryl methyl sites for hydroxylation is 1. The molecule has 0 atom stereocenters. The molecule has 5 rings (SSSR count). The molecular weight excluding hydrogens is 470 g/mol. The van der Waals surface area contributed by atoms with Crippen LogP contribution in [0.1, 0.15) is 5.56 Å². The van der Waals surface area contributed by atoms with Gasteiger partial charge in [0.25, 0.3) is 0 Å². The highest BCUT2D eigenvalue weighted by molar-refractivity contribution is 7.17. The van der Waals surface area contributed by atoms with Gasteiger partial charge in [0, 0.05) is 37.6 Å². The molecule has 2 aromatic carbocycles. The highest BCUT2D eigenvalue weighted by Gasteiger charge is 2.15. The van der Waals surface area contributed by atoms with Crippen molar-refractivity contribution in [1.82, 2.24) is 14.9 Å². The molecule has 0 unspecified atom stereocenters. The summed E-state index contributed by atoms with van der Waals surface area (Å²) in [5.41, 5.74) is 5.45. The van der Waals surface area contributed by atoms with Gasteiger partial charge in [-0.2, -0.15) is 4.98 Å². The first-order valence-corrected chi connectivity index (χ1v) is 12.7. The third kappa shape index (κ3) is 5.32. The summed E-state index contributed by atoms with van der Waals surface area (Å²) in [4.78, 5) is 26.2. The van der Waals surface area contributed by atoms with Gasteiger partial charge in [0.2, 0.25) is 11.9 Å². The summed E-state index contributed by atoms with van der Waals surface area (Å²) < 4.78 is 0.938. The first-order chi connectivity index (χ1) is 17.5. The van der Waals surface area contributed by atoms with Gasteiger partial charge in [-0.05, 0) is 73.5 Å². The number of aromatic nitrogens is 2. The topological polar surface area (TPSA) is 85.4 Å². The Morgan fingerprint density at radius 1 is 1.00 bits per heavy atom. The number of hydrogen-bond donors (Lipinski definition) is 3. The monoisotopic (exact) mass is 499 g/mol. The van der Waals surface area contributed by atoms with E-state index in [1.54, 1.807) is 11.3 Å². The van der Waals surface area contributed by atoms with Crippen LogP contribution in [0.5, 0.6) is 0 Å². The molecule has 4 aromatic rings. The van der Waals surface area contributed by atoms with Crippen LogP contribution in [0.4, 0.5) is 34.5 Å². The molecule has 3 N–H and O–H groups in total. The molecule has 0 aliphatic carbocycles. The number of anilines is 6. The van der Waals surface area contributed by atoms with Crippen molar-refractivity contribution < 1.29 is 4.79 Å². The maximum atomic E-state index is 11.9. The van der Waals surface area contributed by atoms with Gasteiger partial charge in [-0.15, -0.1) is 11.3 Å². The number of carbonyl (C=O) groups is 1. The van der Waals surface area contributed by atoms with Crippen LogP contribution in [0.15, 0.2) is 66.6 Å². The number of carbonyl (C=O) groups excluding carboxylic acids is 1. The molecule has 0 radical (unpaired) electrons. The highest BCUT2D eigenvalue weighted by atomic mass is 32.1. The zero-order valence-corrected chi connectivity index (χ0v) is 21.2. The first-order valence-electron chi connectivity index (χ1n) is 11.9. The lowest BCUT2D eigenvalue weighted by Crippen LogP contribution is -2.44. The molecule has 0 saturated carbocycles. The lowest BCUT2D eigenvalue weighted by molar-refractivity contribution is -0.111. The Morgan fingerprint density at radius 2 is 1.78 bits per heavy atom. The Labute approximate surface area is 214 Å². The van der Waals surface area contributed by atoms with Crippen LogP contribution in [0, 0.1) is 6.92 Å². The molecule has 0 spiro atoms. The fourth-order valence-corrected chi connectivity index (χ4v) is 4.91. The average Bonchev–Trinajstić information content (AvgIpc) is 3.36. The Hall–Kier alpha value is -3.95. The standard InChI is InChI=1S/C27H29N7OS/c1-4-24(35)29-21-10-5-18(2)17-23(21)30-26-25-22(11-16-36-25)31-27(32-26)28-19-6-8-20(9-7-19)34-14-12-33(3)13-15-34/h4-11,16-17H,1,12-15H2,2-3H3,(H,29,35)(H2,28,30,31,32). The average molecular weight is 500 g/mol. The molecule has 9 heteroatoms. The van der Waals surface area contributed by atoms with Crippen molar-refractivity contribution in [3.63, 3.8) is 0 Å². The predicted octanol–water partition coefficient (Wildman–Crippen LogP) is 5.36. The van der Waals surface area contributed by atoms with Gasteiger partial charge in [-0.1, -0.05) is 12.6 Å². The zero-order valence-electron chi connectivity index (χ0n) is 20.4.